The highest BCUT2D eigenvalue weighted by Crippen LogP contribution is 2.18. The largest absolute Gasteiger partial charge is 0.384 e. The van der Waals surface area contributed by atoms with Gasteiger partial charge in [0.05, 0.1) is 5.92 Å². The normalized spacial score (nSPS) is 12.2. The van der Waals surface area contributed by atoms with Crippen LogP contribution in [0.5, 0.6) is 0 Å². The summed E-state index contributed by atoms with van der Waals surface area (Å²) in [4.78, 5) is 10.7. The molecule has 1 aromatic rings. The van der Waals surface area contributed by atoms with Gasteiger partial charge in [0, 0.05) is 17.3 Å². The van der Waals surface area contributed by atoms with Crippen molar-refractivity contribution in [1.82, 2.24) is 0 Å². The van der Waals surface area contributed by atoms with E-state index in [4.69, 9.17) is 17.3 Å². The van der Waals surface area contributed by atoms with E-state index in [1.807, 2.05) is 0 Å². The molecule has 0 aliphatic rings. The molecule has 0 aromatic heterocycles. The summed E-state index contributed by atoms with van der Waals surface area (Å²) in [6.07, 6.45) is 0. The van der Waals surface area contributed by atoms with Crippen LogP contribution in [0.15, 0.2) is 18.2 Å². The van der Waals surface area contributed by atoms with Crippen LogP contribution in [0, 0.1) is 11.7 Å². The summed E-state index contributed by atoms with van der Waals surface area (Å²) in [6.45, 7) is 2.05. The fourth-order valence-corrected chi connectivity index (χ4v) is 1.25. The van der Waals surface area contributed by atoms with Crippen molar-refractivity contribution in [3.63, 3.8) is 0 Å². The van der Waals surface area contributed by atoms with Crippen LogP contribution < -0.4 is 11.1 Å². The van der Waals surface area contributed by atoms with Crippen molar-refractivity contribution < 1.29 is 9.18 Å². The van der Waals surface area contributed by atoms with E-state index < -0.39 is 11.7 Å². The molecule has 3 N–H and O–H groups in total. The second kappa shape index (κ2) is 4.98. The number of rotatable bonds is 4. The third kappa shape index (κ3) is 3.75. The molecule has 0 heterocycles. The number of benzene rings is 1. The second-order valence-electron chi connectivity index (χ2n) is 3.34. The van der Waals surface area contributed by atoms with Crippen molar-refractivity contribution in [1.29, 1.82) is 0 Å². The van der Waals surface area contributed by atoms with E-state index in [-0.39, 0.29) is 5.92 Å². The number of hydrogen-bond acceptors (Lipinski definition) is 2. The van der Waals surface area contributed by atoms with Gasteiger partial charge in [0.1, 0.15) is 5.82 Å². The number of carbonyl (C=O) groups is 1. The van der Waals surface area contributed by atoms with Crippen LogP contribution in [0.4, 0.5) is 10.1 Å². The van der Waals surface area contributed by atoms with Crippen molar-refractivity contribution in [2.45, 2.75) is 6.92 Å². The third-order valence-electron chi connectivity index (χ3n) is 1.96. The van der Waals surface area contributed by atoms with Crippen LogP contribution in [-0.4, -0.2) is 12.5 Å². The molecule has 0 bridgehead atoms. The highest BCUT2D eigenvalue weighted by molar-refractivity contribution is 6.30. The fourth-order valence-electron chi connectivity index (χ4n) is 1.03. The van der Waals surface area contributed by atoms with E-state index >= 15 is 0 Å². The zero-order valence-electron chi connectivity index (χ0n) is 8.26. The van der Waals surface area contributed by atoms with Crippen LogP contribution in [0.2, 0.25) is 5.02 Å². The van der Waals surface area contributed by atoms with Gasteiger partial charge >= 0.3 is 0 Å². The number of nitrogens with one attached hydrogen (secondary N) is 1. The van der Waals surface area contributed by atoms with Crippen molar-refractivity contribution in [3.8, 4) is 0 Å². The van der Waals surface area contributed by atoms with Gasteiger partial charge in [-0.2, -0.15) is 0 Å². The Labute approximate surface area is 92.4 Å². The minimum Gasteiger partial charge on any atom is -0.384 e. The molecule has 1 rings (SSSR count). The first-order valence-electron chi connectivity index (χ1n) is 4.48. The van der Waals surface area contributed by atoms with Crippen LogP contribution in [0.3, 0.4) is 0 Å². The summed E-state index contributed by atoms with van der Waals surface area (Å²) in [5.74, 6) is -1.13. The van der Waals surface area contributed by atoms with Crippen LogP contribution in [-0.2, 0) is 4.79 Å². The fraction of sp³-hybridized carbons (Fsp3) is 0.300. The summed E-state index contributed by atoms with van der Waals surface area (Å²) < 4.78 is 12.9. The Kier molecular flexibility index (Phi) is 3.91. The van der Waals surface area contributed by atoms with Gasteiger partial charge in [-0.25, -0.2) is 4.39 Å². The number of halogens is 2. The summed E-state index contributed by atoms with van der Waals surface area (Å²) >= 11 is 5.66. The Hall–Kier alpha value is -1.29. The maximum absolute atomic E-state index is 12.9. The Bertz CT molecular complexity index is 350. The molecule has 15 heavy (non-hydrogen) atoms. The lowest BCUT2D eigenvalue weighted by atomic mass is 10.1. The van der Waals surface area contributed by atoms with Crippen LogP contribution in [0.1, 0.15) is 6.92 Å². The van der Waals surface area contributed by atoms with E-state index in [2.05, 4.69) is 5.32 Å². The molecule has 0 saturated carbocycles. The van der Waals surface area contributed by atoms with E-state index in [1.165, 1.54) is 12.1 Å². The number of primary amides is 1. The van der Waals surface area contributed by atoms with Crippen LogP contribution in [0.25, 0.3) is 0 Å². The van der Waals surface area contributed by atoms with Crippen molar-refractivity contribution in [3.05, 3.63) is 29.0 Å². The Morgan fingerprint density at radius 3 is 2.80 bits per heavy atom. The van der Waals surface area contributed by atoms with Crippen molar-refractivity contribution in [2.24, 2.45) is 11.7 Å². The molecule has 0 aliphatic carbocycles. The molecule has 0 fully saturated rings. The molecule has 5 heteroatoms. The average Bonchev–Trinajstić information content (AvgIpc) is 2.12. The lowest BCUT2D eigenvalue weighted by Crippen LogP contribution is -2.26. The van der Waals surface area contributed by atoms with E-state index in [9.17, 15) is 9.18 Å². The first-order chi connectivity index (χ1) is 6.99. The number of nitrogens with two attached hydrogens (primary N) is 1. The Morgan fingerprint density at radius 1 is 1.60 bits per heavy atom. The van der Waals surface area contributed by atoms with Gasteiger partial charge in [-0.1, -0.05) is 18.5 Å². The quantitative estimate of drug-likeness (QED) is 0.832. The summed E-state index contributed by atoms with van der Waals surface area (Å²) in [6, 6.07) is 4.10. The second-order valence-corrected chi connectivity index (χ2v) is 3.78. The van der Waals surface area contributed by atoms with Crippen molar-refractivity contribution >= 4 is 23.2 Å². The van der Waals surface area contributed by atoms with Gasteiger partial charge in [-0.05, 0) is 18.2 Å². The number of anilines is 1. The molecule has 0 radical (unpaired) electrons. The van der Waals surface area contributed by atoms with E-state index in [0.29, 0.717) is 17.3 Å². The van der Waals surface area contributed by atoms with Gasteiger partial charge in [0.15, 0.2) is 0 Å². The van der Waals surface area contributed by atoms with Gasteiger partial charge < -0.3 is 11.1 Å². The van der Waals surface area contributed by atoms with Crippen LogP contribution >= 0.6 is 11.6 Å². The molecule has 3 nitrogen and oxygen atoms in total. The third-order valence-corrected chi connectivity index (χ3v) is 2.18. The van der Waals surface area contributed by atoms with Gasteiger partial charge in [0.25, 0.3) is 0 Å². The van der Waals surface area contributed by atoms with Gasteiger partial charge in [-0.3, -0.25) is 4.79 Å². The van der Waals surface area contributed by atoms with Crippen molar-refractivity contribution in [2.75, 3.05) is 11.9 Å². The SMILES string of the molecule is CC(CNc1cc(F)cc(Cl)c1)C(N)=O. The zero-order chi connectivity index (χ0) is 11.4. The Balaban J connectivity index is 2.61. The number of carbonyl (C=O) groups excluding carboxylic acids is 1. The summed E-state index contributed by atoms with van der Waals surface area (Å²) in [7, 11) is 0. The average molecular weight is 231 g/mol. The lowest BCUT2D eigenvalue weighted by molar-refractivity contribution is -0.120. The highest BCUT2D eigenvalue weighted by atomic mass is 35.5. The predicted octanol–water partition coefficient (Wildman–Crippen LogP) is 2.01. The molecular formula is C10H12ClFN2O. The first kappa shape index (κ1) is 11.8. The smallest absolute Gasteiger partial charge is 0.222 e. The molecule has 0 spiro atoms. The lowest BCUT2D eigenvalue weighted by Gasteiger charge is -2.10. The maximum Gasteiger partial charge on any atom is 0.222 e. The number of hydrogen-bond donors (Lipinski definition) is 2. The first-order valence-corrected chi connectivity index (χ1v) is 4.86. The molecule has 0 aliphatic heterocycles. The maximum atomic E-state index is 12.9. The molecule has 82 valence electrons. The summed E-state index contributed by atoms with van der Waals surface area (Å²) in [5.41, 5.74) is 5.62. The van der Waals surface area contributed by atoms with E-state index in [1.54, 1.807) is 13.0 Å². The minimum atomic E-state index is -0.420. The number of amides is 1. The molecular weight excluding hydrogens is 219 g/mol. The summed E-state index contributed by atoms with van der Waals surface area (Å²) in [5, 5.41) is 3.19. The van der Waals surface area contributed by atoms with Gasteiger partial charge in [-0.15, -0.1) is 0 Å². The zero-order valence-corrected chi connectivity index (χ0v) is 9.01. The van der Waals surface area contributed by atoms with Gasteiger partial charge in [0.2, 0.25) is 5.91 Å². The topological polar surface area (TPSA) is 55.1 Å². The molecule has 1 amide bonds. The predicted molar refractivity (Wildman–Crippen MR) is 58.3 cm³/mol. The Morgan fingerprint density at radius 2 is 2.27 bits per heavy atom. The van der Waals surface area contributed by atoms with E-state index in [0.717, 1.165) is 0 Å². The standard InChI is InChI=1S/C10H12ClFN2O/c1-6(10(13)15)5-14-9-3-7(11)2-8(12)4-9/h2-4,6,14H,5H2,1H3,(H2,13,15). The monoisotopic (exact) mass is 230 g/mol. The highest BCUT2D eigenvalue weighted by Gasteiger charge is 2.08. The molecule has 1 aromatic carbocycles. The molecule has 0 saturated heterocycles. The molecule has 1 atom stereocenters. The molecule has 1 unspecified atom stereocenters. The minimum absolute atomic E-state index is 0.309.